The molecule has 0 aliphatic heterocycles. The van der Waals surface area contributed by atoms with E-state index in [-0.39, 0.29) is 6.61 Å². The number of pyridine rings is 2. The maximum Gasteiger partial charge on any atom is 0.153 e. The third-order valence-corrected chi connectivity index (χ3v) is 5.30. The molecule has 0 radical (unpaired) electrons. The first kappa shape index (κ1) is 21.9. The van der Waals surface area contributed by atoms with Crippen molar-refractivity contribution in [2.45, 2.75) is 6.61 Å². The van der Waals surface area contributed by atoms with Crippen LogP contribution in [0.25, 0.3) is 23.3 Å². The van der Waals surface area contributed by atoms with Crippen LogP contribution in [0.5, 0.6) is 5.75 Å². The van der Waals surface area contributed by atoms with Crippen LogP contribution in [0.1, 0.15) is 32.7 Å². The van der Waals surface area contributed by atoms with Crippen molar-refractivity contribution in [2.75, 3.05) is 0 Å². The number of hydrogen-bond acceptors (Lipinski definition) is 5. The molecule has 0 aliphatic rings. The number of nitriles is 1. The van der Waals surface area contributed by atoms with Crippen LogP contribution in [-0.2, 0) is 6.61 Å². The lowest BCUT2D eigenvalue weighted by molar-refractivity contribution is 0.111. The Morgan fingerprint density at radius 3 is 2.58 bits per heavy atom. The van der Waals surface area contributed by atoms with Crippen molar-refractivity contribution in [1.29, 1.82) is 5.26 Å². The molecule has 0 fully saturated rings. The minimum Gasteiger partial charge on any atom is -0.488 e. The Hall–Kier alpha value is -4.27. The smallest absolute Gasteiger partial charge is 0.153 e. The SMILES string of the molecule is N#Cc1c(-c2ccccc2)ccnc1/C=C/c1cc(OCc2cccnc2)c(C=O)cc1Cl. The molecule has 4 rings (SSSR count). The van der Waals surface area contributed by atoms with E-state index >= 15 is 0 Å². The molecule has 2 aromatic carbocycles. The summed E-state index contributed by atoms with van der Waals surface area (Å²) in [7, 11) is 0. The number of nitrogens with zero attached hydrogens (tertiary/aromatic N) is 3. The van der Waals surface area contributed by atoms with Gasteiger partial charge < -0.3 is 4.74 Å². The number of hydrogen-bond donors (Lipinski definition) is 0. The van der Waals surface area contributed by atoms with Crippen LogP contribution in [0.15, 0.2) is 79.3 Å². The van der Waals surface area contributed by atoms with E-state index in [1.807, 2.05) is 48.5 Å². The number of carbonyl (C=O) groups is 1. The molecule has 0 aliphatic carbocycles. The standard InChI is InChI=1S/C27H18ClN3O2/c28-25-13-22(17-32)27(33-18-19-5-4-11-30-16-19)14-21(25)8-9-26-24(15-29)23(10-12-31-26)20-6-2-1-3-7-20/h1-14,16-17H,18H2/b9-8+. The van der Waals surface area contributed by atoms with E-state index in [9.17, 15) is 10.1 Å². The quantitative estimate of drug-likeness (QED) is 0.311. The average molecular weight is 452 g/mol. The van der Waals surface area contributed by atoms with Crippen molar-refractivity contribution in [3.05, 3.63) is 112 Å². The van der Waals surface area contributed by atoms with Crippen LogP contribution in [0.3, 0.4) is 0 Å². The third kappa shape index (κ3) is 5.15. The maximum absolute atomic E-state index is 11.5. The highest BCUT2D eigenvalue weighted by molar-refractivity contribution is 6.32. The Morgan fingerprint density at radius 1 is 1.00 bits per heavy atom. The Labute approximate surface area is 196 Å². The fraction of sp³-hybridized carbons (Fsp3) is 0.0370. The molecule has 33 heavy (non-hydrogen) atoms. The zero-order valence-corrected chi connectivity index (χ0v) is 18.2. The van der Waals surface area contributed by atoms with Gasteiger partial charge in [-0.05, 0) is 41.5 Å². The van der Waals surface area contributed by atoms with Crippen LogP contribution in [0.2, 0.25) is 5.02 Å². The van der Waals surface area contributed by atoms with Gasteiger partial charge in [-0.3, -0.25) is 14.8 Å². The Bertz CT molecular complexity index is 1350. The summed E-state index contributed by atoms with van der Waals surface area (Å²) in [4.78, 5) is 20.0. The molecule has 160 valence electrons. The predicted molar refractivity (Wildman–Crippen MR) is 129 cm³/mol. The summed E-state index contributed by atoms with van der Waals surface area (Å²) in [5, 5.41) is 10.2. The van der Waals surface area contributed by atoms with Gasteiger partial charge in [-0.1, -0.05) is 54.1 Å². The summed E-state index contributed by atoms with van der Waals surface area (Å²) in [5.74, 6) is 0.407. The summed E-state index contributed by atoms with van der Waals surface area (Å²) in [6, 6.07) is 20.7. The fourth-order valence-electron chi connectivity index (χ4n) is 3.32. The molecule has 0 N–H and O–H groups in total. The lowest BCUT2D eigenvalue weighted by atomic mass is 9.99. The average Bonchev–Trinajstić information content (AvgIpc) is 2.87. The third-order valence-electron chi connectivity index (χ3n) is 4.97. The molecule has 5 nitrogen and oxygen atoms in total. The number of ether oxygens (including phenoxy) is 1. The maximum atomic E-state index is 11.5. The van der Waals surface area contributed by atoms with Gasteiger partial charge >= 0.3 is 0 Å². The lowest BCUT2D eigenvalue weighted by Gasteiger charge is -2.11. The number of aldehydes is 1. The van der Waals surface area contributed by atoms with Crippen molar-refractivity contribution >= 4 is 30.0 Å². The Morgan fingerprint density at radius 2 is 1.85 bits per heavy atom. The molecule has 0 spiro atoms. The molecule has 6 heteroatoms. The van der Waals surface area contributed by atoms with Gasteiger partial charge in [0.15, 0.2) is 6.29 Å². The Balaban J connectivity index is 1.66. The van der Waals surface area contributed by atoms with Crippen molar-refractivity contribution < 1.29 is 9.53 Å². The molecule has 0 saturated heterocycles. The minimum atomic E-state index is 0.263. The summed E-state index contributed by atoms with van der Waals surface area (Å²) in [5.41, 5.74) is 4.59. The highest BCUT2D eigenvalue weighted by Gasteiger charge is 2.11. The van der Waals surface area contributed by atoms with Gasteiger partial charge in [0.2, 0.25) is 0 Å². The van der Waals surface area contributed by atoms with Gasteiger partial charge in [-0.2, -0.15) is 5.26 Å². The van der Waals surface area contributed by atoms with Crippen molar-refractivity contribution in [2.24, 2.45) is 0 Å². The van der Waals surface area contributed by atoms with Gasteiger partial charge in [0.25, 0.3) is 0 Å². The molecule has 0 saturated carbocycles. The number of carbonyl (C=O) groups excluding carboxylic acids is 1. The first-order chi connectivity index (χ1) is 16.2. The molecule has 0 atom stereocenters. The second-order valence-electron chi connectivity index (χ2n) is 7.11. The van der Waals surface area contributed by atoms with Gasteiger partial charge in [-0.15, -0.1) is 0 Å². The molecular formula is C27H18ClN3O2. The van der Waals surface area contributed by atoms with Gasteiger partial charge in [-0.25, -0.2) is 0 Å². The predicted octanol–water partition coefficient (Wildman–Crippen LogP) is 6.23. The van der Waals surface area contributed by atoms with E-state index in [4.69, 9.17) is 16.3 Å². The van der Waals surface area contributed by atoms with Crippen LogP contribution < -0.4 is 4.74 Å². The van der Waals surface area contributed by atoms with Crippen LogP contribution in [0.4, 0.5) is 0 Å². The first-order valence-electron chi connectivity index (χ1n) is 10.1. The van der Waals surface area contributed by atoms with Crippen LogP contribution >= 0.6 is 11.6 Å². The second-order valence-corrected chi connectivity index (χ2v) is 7.52. The summed E-state index contributed by atoms with van der Waals surface area (Å²) < 4.78 is 5.85. The minimum absolute atomic E-state index is 0.263. The van der Waals surface area contributed by atoms with E-state index < -0.39 is 0 Å². The van der Waals surface area contributed by atoms with Crippen LogP contribution in [-0.4, -0.2) is 16.3 Å². The van der Waals surface area contributed by atoms with E-state index in [1.54, 1.807) is 42.9 Å². The molecule has 0 amide bonds. The lowest BCUT2D eigenvalue weighted by Crippen LogP contribution is -1.99. The van der Waals surface area contributed by atoms with Gasteiger partial charge in [0.1, 0.15) is 18.4 Å². The molecule has 2 aromatic heterocycles. The first-order valence-corrected chi connectivity index (χ1v) is 10.5. The van der Waals surface area contributed by atoms with Gasteiger partial charge in [0, 0.05) is 34.7 Å². The zero-order valence-electron chi connectivity index (χ0n) is 17.5. The van der Waals surface area contributed by atoms with E-state index in [0.29, 0.717) is 39.4 Å². The largest absolute Gasteiger partial charge is 0.488 e. The Kier molecular flexibility index (Phi) is 6.89. The summed E-state index contributed by atoms with van der Waals surface area (Å²) >= 11 is 6.40. The van der Waals surface area contributed by atoms with Crippen molar-refractivity contribution in [1.82, 2.24) is 9.97 Å². The van der Waals surface area contributed by atoms with Crippen molar-refractivity contribution in [3.8, 4) is 22.9 Å². The molecular weight excluding hydrogens is 434 g/mol. The second kappa shape index (κ2) is 10.4. The van der Waals surface area contributed by atoms with E-state index in [1.165, 1.54) is 0 Å². The molecule has 0 bridgehead atoms. The molecule has 4 aromatic rings. The number of rotatable bonds is 7. The summed E-state index contributed by atoms with van der Waals surface area (Å²) in [6.45, 7) is 0.263. The number of benzene rings is 2. The fourth-order valence-corrected chi connectivity index (χ4v) is 3.56. The van der Waals surface area contributed by atoms with Gasteiger partial charge in [0.05, 0.1) is 16.8 Å². The van der Waals surface area contributed by atoms with Crippen molar-refractivity contribution in [3.63, 3.8) is 0 Å². The molecule has 0 unspecified atom stereocenters. The normalized spacial score (nSPS) is 10.7. The zero-order chi connectivity index (χ0) is 23.0. The number of aromatic nitrogens is 2. The topological polar surface area (TPSA) is 75.9 Å². The molecule has 2 heterocycles. The summed E-state index contributed by atoms with van der Waals surface area (Å²) in [6.07, 6.45) is 9.25. The highest BCUT2D eigenvalue weighted by atomic mass is 35.5. The monoisotopic (exact) mass is 451 g/mol. The van der Waals surface area contributed by atoms with Crippen LogP contribution in [0, 0.1) is 11.3 Å². The highest BCUT2D eigenvalue weighted by Crippen LogP contribution is 2.30. The van der Waals surface area contributed by atoms with E-state index in [0.717, 1.165) is 16.7 Å². The van der Waals surface area contributed by atoms with E-state index in [2.05, 4.69) is 16.0 Å². The number of halogens is 1.